The number of imide groups is 1. The van der Waals surface area contributed by atoms with Crippen molar-refractivity contribution in [3.63, 3.8) is 0 Å². The maximum absolute atomic E-state index is 13.2. The second kappa shape index (κ2) is 8.88. The molecule has 1 atom stereocenters. The number of carbonyl (C=O) groups excluding carboxylic acids is 4. The summed E-state index contributed by atoms with van der Waals surface area (Å²) in [6.45, 7) is 4.85. The lowest BCUT2D eigenvalue weighted by molar-refractivity contribution is -0.136. The number of piperidine rings is 2. The number of nitrogens with one attached hydrogen (secondary N) is 1. The minimum absolute atomic E-state index is 0.199. The van der Waals surface area contributed by atoms with Crippen molar-refractivity contribution in [2.45, 2.75) is 44.8 Å². The van der Waals surface area contributed by atoms with Gasteiger partial charge in [-0.05, 0) is 68.6 Å². The second-order valence-corrected chi connectivity index (χ2v) is 9.13. The molecule has 1 aromatic rings. The van der Waals surface area contributed by atoms with E-state index in [1.54, 1.807) is 7.05 Å². The van der Waals surface area contributed by atoms with E-state index in [1.807, 2.05) is 12.1 Å². The monoisotopic (exact) mass is 426 g/mol. The summed E-state index contributed by atoms with van der Waals surface area (Å²) < 4.78 is 0. The molecule has 3 aliphatic rings. The molecule has 0 bridgehead atoms. The number of benzene rings is 1. The van der Waals surface area contributed by atoms with Crippen LogP contribution in [0.25, 0.3) is 0 Å². The molecule has 0 radical (unpaired) electrons. The Labute approximate surface area is 182 Å². The summed E-state index contributed by atoms with van der Waals surface area (Å²) in [5, 5.41) is 2.28. The zero-order valence-corrected chi connectivity index (χ0v) is 18.2. The van der Waals surface area contributed by atoms with Crippen LogP contribution in [-0.4, -0.2) is 78.5 Å². The normalized spacial score (nSPS) is 22.8. The van der Waals surface area contributed by atoms with Gasteiger partial charge in [-0.15, -0.1) is 0 Å². The van der Waals surface area contributed by atoms with E-state index in [9.17, 15) is 19.2 Å². The lowest BCUT2D eigenvalue weighted by atomic mass is 9.97. The summed E-state index contributed by atoms with van der Waals surface area (Å²) in [6.07, 6.45) is 3.60. The molecule has 2 fully saturated rings. The average Bonchev–Trinajstić information content (AvgIpc) is 3.14. The first kappa shape index (κ1) is 21.6. The third-order valence-electron chi connectivity index (χ3n) is 6.87. The maximum atomic E-state index is 13.2. The highest BCUT2D eigenvalue weighted by Gasteiger charge is 2.34. The zero-order valence-electron chi connectivity index (χ0n) is 18.2. The Morgan fingerprint density at radius 3 is 2.48 bits per heavy atom. The lowest BCUT2D eigenvalue weighted by Crippen LogP contribution is -2.53. The molecule has 2 saturated heterocycles. The van der Waals surface area contributed by atoms with Gasteiger partial charge in [0.1, 0.15) is 6.04 Å². The van der Waals surface area contributed by atoms with Crippen molar-refractivity contribution in [1.82, 2.24) is 20.0 Å². The Balaban J connectivity index is 1.48. The predicted molar refractivity (Wildman–Crippen MR) is 114 cm³/mol. The number of carbonyl (C=O) groups is 4. The first-order valence-electron chi connectivity index (χ1n) is 11.0. The topological polar surface area (TPSA) is 90.0 Å². The first-order chi connectivity index (χ1) is 14.9. The third kappa shape index (κ3) is 4.55. The highest BCUT2D eigenvalue weighted by atomic mass is 16.2. The Bertz CT molecular complexity index is 907. The Hall–Kier alpha value is -2.58. The Morgan fingerprint density at radius 1 is 1.16 bits per heavy atom. The summed E-state index contributed by atoms with van der Waals surface area (Å²) in [5.74, 6) is -0.480. The smallest absolute Gasteiger partial charge is 0.255 e. The molecule has 1 unspecified atom stereocenters. The number of fused-ring (bicyclic) bond motifs is 1. The SMILES string of the molecule is CN1CCC(CN2Cc3cc(C=O)c(C(=O)N(C)C4CCC(=O)NC4=O)cc3C2)CC1. The maximum Gasteiger partial charge on any atom is 0.255 e. The number of hydrogen-bond donors (Lipinski definition) is 1. The number of likely N-dealkylation sites (N-methyl/N-ethyl adjacent to an activating group) is 1. The zero-order chi connectivity index (χ0) is 22.1. The van der Waals surface area contributed by atoms with Gasteiger partial charge in [-0.25, -0.2) is 0 Å². The van der Waals surface area contributed by atoms with E-state index in [0.717, 1.165) is 43.9 Å². The molecule has 1 aromatic carbocycles. The molecule has 1 N–H and O–H groups in total. The fourth-order valence-corrected chi connectivity index (χ4v) is 4.95. The van der Waals surface area contributed by atoms with Crippen LogP contribution >= 0.6 is 0 Å². The van der Waals surface area contributed by atoms with Crippen LogP contribution < -0.4 is 5.32 Å². The third-order valence-corrected chi connectivity index (χ3v) is 6.87. The highest BCUT2D eigenvalue weighted by molar-refractivity contribution is 6.06. The van der Waals surface area contributed by atoms with Crippen molar-refractivity contribution < 1.29 is 19.2 Å². The van der Waals surface area contributed by atoms with Crippen LogP contribution in [0, 0.1) is 5.92 Å². The summed E-state index contributed by atoms with van der Waals surface area (Å²) in [6, 6.07) is 2.93. The van der Waals surface area contributed by atoms with Gasteiger partial charge in [0.2, 0.25) is 11.8 Å². The molecule has 0 spiro atoms. The summed E-state index contributed by atoms with van der Waals surface area (Å²) >= 11 is 0. The van der Waals surface area contributed by atoms with Gasteiger partial charge in [0, 0.05) is 38.7 Å². The van der Waals surface area contributed by atoms with Crippen LogP contribution in [0.5, 0.6) is 0 Å². The molecular formula is C23H30N4O4. The quantitative estimate of drug-likeness (QED) is 0.559. The molecule has 8 nitrogen and oxygen atoms in total. The van der Waals surface area contributed by atoms with Crippen molar-refractivity contribution in [2.75, 3.05) is 33.7 Å². The van der Waals surface area contributed by atoms with Gasteiger partial charge >= 0.3 is 0 Å². The number of amides is 3. The molecule has 0 saturated carbocycles. The Morgan fingerprint density at radius 2 is 1.84 bits per heavy atom. The molecule has 3 heterocycles. The number of nitrogens with zero attached hydrogens (tertiary/aromatic N) is 3. The highest BCUT2D eigenvalue weighted by Crippen LogP contribution is 2.29. The standard InChI is InChI=1S/C23H30N4O4/c1-25-7-5-15(6-8-25)11-27-12-16-9-18(14-28)19(10-17(16)13-27)23(31)26(2)20-3-4-21(29)24-22(20)30/h9-10,14-15,20H,3-8,11-13H2,1-2H3,(H,24,29,30). The molecule has 3 aliphatic heterocycles. The van der Waals surface area contributed by atoms with Gasteiger partial charge < -0.3 is 9.80 Å². The van der Waals surface area contributed by atoms with Crippen LogP contribution in [-0.2, 0) is 22.7 Å². The minimum Gasteiger partial charge on any atom is -0.330 e. The van der Waals surface area contributed by atoms with E-state index in [4.69, 9.17) is 0 Å². The van der Waals surface area contributed by atoms with E-state index >= 15 is 0 Å². The molecule has 31 heavy (non-hydrogen) atoms. The number of rotatable bonds is 5. The van der Waals surface area contributed by atoms with Crippen LogP contribution in [0.4, 0.5) is 0 Å². The van der Waals surface area contributed by atoms with E-state index in [1.165, 1.54) is 17.7 Å². The fraction of sp³-hybridized carbons (Fsp3) is 0.565. The predicted octanol–water partition coefficient (Wildman–Crippen LogP) is 1.03. The van der Waals surface area contributed by atoms with Crippen molar-refractivity contribution in [3.05, 3.63) is 34.4 Å². The van der Waals surface area contributed by atoms with Gasteiger partial charge in [0.05, 0.1) is 5.56 Å². The van der Waals surface area contributed by atoms with E-state index in [2.05, 4.69) is 22.2 Å². The lowest BCUT2D eigenvalue weighted by Gasteiger charge is -2.31. The molecule has 0 aromatic heterocycles. The van der Waals surface area contributed by atoms with Crippen LogP contribution in [0.1, 0.15) is 57.5 Å². The average molecular weight is 427 g/mol. The van der Waals surface area contributed by atoms with Crippen molar-refractivity contribution >= 4 is 24.0 Å². The van der Waals surface area contributed by atoms with Gasteiger partial charge in [0.15, 0.2) is 6.29 Å². The van der Waals surface area contributed by atoms with Gasteiger partial charge in [-0.2, -0.15) is 0 Å². The molecule has 3 amide bonds. The van der Waals surface area contributed by atoms with E-state index < -0.39 is 11.9 Å². The largest absolute Gasteiger partial charge is 0.330 e. The molecule has 4 rings (SSSR count). The first-order valence-corrected chi connectivity index (χ1v) is 11.0. The minimum atomic E-state index is -0.709. The van der Waals surface area contributed by atoms with Crippen LogP contribution in [0.3, 0.4) is 0 Å². The molecule has 8 heteroatoms. The number of aldehydes is 1. The summed E-state index contributed by atoms with van der Waals surface area (Å²) in [5.41, 5.74) is 2.83. The fourth-order valence-electron chi connectivity index (χ4n) is 4.95. The van der Waals surface area contributed by atoms with Gasteiger partial charge in [-0.3, -0.25) is 29.4 Å². The summed E-state index contributed by atoms with van der Waals surface area (Å²) in [7, 11) is 3.71. The van der Waals surface area contributed by atoms with Gasteiger partial charge in [-0.1, -0.05) is 0 Å². The number of hydrogen-bond acceptors (Lipinski definition) is 6. The van der Waals surface area contributed by atoms with Crippen LogP contribution in [0.15, 0.2) is 12.1 Å². The summed E-state index contributed by atoms with van der Waals surface area (Å²) in [4.78, 5) is 54.6. The molecule has 166 valence electrons. The molecule has 0 aliphatic carbocycles. The number of likely N-dealkylation sites (tertiary alicyclic amines) is 1. The van der Waals surface area contributed by atoms with Crippen molar-refractivity contribution in [3.8, 4) is 0 Å². The van der Waals surface area contributed by atoms with Crippen LogP contribution in [0.2, 0.25) is 0 Å². The van der Waals surface area contributed by atoms with E-state index in [0.29, 0.717) is 29.8 Å². The van der Waals surface area contributed by atoms with Crippen molar-refractivity contribution in [1.29, 1.82) is 0 Å². The van der Waals surface area contributed by atoms with Gasteiger partial charge in [0.25, 0.3) is 5.91 Å². The Kier molecular flexibility index (Phi) is 6.20. The second-order valence-electron chi connectivity index (χ2n) is 9.13. The van der Waals surface area contributed by atoms with Crippen molar-refractivity contribution in [2.24, 2.45) is 5.92 Å². The van der Waals surface area contributed by atoms with E-state index in [-0.39, 0.29) is 18.2 Å². The molecular weight excluding hydrogens is 396 g/mol.